The van der Waals surface area contributed by atoms with Crippen LogP contribution in [0, 0.1) is 0 Å². The number of carbonyl (C=O) groups is 2. The van der Waals surface area contributed by atoms with E-state index in [1.807, 2.05) is 18.7 Å². The summed E-state index contributed by atoms with van der Waals surface area (Å²) < 4.78 is 0. The number of hydrogen-bond acceptors (Lipinski definition) is 4. The van der Waals surface area contributed by atoms with Crippen molar-refractivity contribution in [3.05, 3.63) is 0 Å². The SMILES string of the molecule is CCNC(=O)CN1CCN(C(=O)C2(C)CCCN2)CC1. The Bertz CT molecular complexity index is 358. The fourth-order valence-corrected chi connectivity index (χ4v) is 2.99. The predicted octanol–water partition coefficient (Wildman–Crippen LogP) is -0.591. The van der Waals surface area contributed by atoms with Gasteiger partial charge in [0.05, 0.1) is 12.1 Å². The zero-order chi connectivity index (χ0) is 14.6. The van der Waals surface area contributed by atoms with Crippen LogP contribution in [0.2, 0.25) is 0 Å². The zero-order valence-electron chi connectivity index (χ0n) is 12.6. The summed E-state index contributed by atoms with van der Waals surface area (Å²) in [4.78, 5) is 28.1. The van der Waals surface area contributed by atoms with E-state index in [4.69, 9.17) is 0 Å². The third kappa shape index (κ3) is 3.49. The summed E-state index contributed by atoms with van der Waals surface area (Å²) in [5.74, 6) is 0.282. The van der Waals surface area contributed by atoms with E-state index in [-0.39, 0.29) is 17.4 Å². The summed E-state index contributed by atoms with van der Waals surface area (Å²) in [7, 11) is 0. The maximum absolute atomic E-state index is 12.5. The molecule has 6 heteroatoms. The minimum absolute atomic E-state index is 0.0664. The molecule has 0 bridgehead atoms. The third-order valence-electron chi connectivity index (χ3n) is 4.24. The number of nitrogens with one attached hydrogen (secondary N) is 2. The lowest BCUT2D eigenvalue weighted by atomic mass is 9.98. The molecule has 2 heterocycles. The van der Waals surface area contributed by atoms with Crippen LogP contribution in [0.15, 0.2) is 0 Å². The summed E-state index contributed by atoms with van der Waals surface area (Å²) in [5.41, 5.74) is -0.373. The van der Waals surface area contributed by atoms with Gasteiger partial charge in [-0.05, 0) is 33.2 Å². The van der Waals surface area contributed by atoms with Gasteiger partial charge < -0.3 is 15.5 Å². The highest BCUT2D eigenvalue weighted by molar-refractivity contribution is 5.86. The maximum atomic E-state index is 12.5. The van der Waals surface area contributed by atoms with Gasteiger partial charge in [0.1, 0.15) is 0 Å². The maximum Gasteiger partial charge on any atom is 0.242 e. The number of hydrogen-bond donors (Lipinski definition) is 2. The summed E-state index contributed by atoms with van der Waals surface area (Å²) >= 11 is 0. The minimum atomic E-state index is -0.373. The number of carbonyl (C=O) groups excluding carboxylic acids is 2. The van der Waals surface area contributed by atoms with Crippen molar-refractivity contribution in [2.24, 2.45) is 0 Å². The van der Waals surface area contributed by atoms with E-state index in [2.05, 4.69) is 15.5 Å². The molecular formula is C14H26N4O2. The van der Waals surface area contributed by atoms with E-state index >= 15 is 0 Å². The lowest BCUT2D eigenvalue weighted by Gasteiger charge is -2.38. The minimum Gasteiger partial charge on any atom is -0.355 e. The second-order valence-electron chi connectivity index (χ2n) is 5.88. The Kier molecular flexibility index (Phi) is 4.99. The van der Waals surface area contributed by atoms with E-state index in [9.17, 15) is 9.59 Å². The quantitative estimate of drug-likeness (QED) is 0.723. The molecule has 2 aliphatic rings. The second kappa shape index (κ2) is 6.54. The van der Waals surface area contributed by atoms with Crippen LogP contribution in [0.4, 0.5) is 0 Å². The van der Waals surface area contributed by atoms with E-state index in [1.165, 1.54) is 0 Å². The molecule has 2 N–H and O–H groups in total. The summed E-state index contributed by atoms with van der Waals surface area (Å²) in [6.07, 6.45) is 1.99. The van der Waals surface area contributed by atoms with Gasteiger partial charge in [-0.1, -0.05) is 0 Å². The first-order valence-electron chi connectivity index (χ1n) is 7.58. The molecule has 0 aromatic carbocycles. The number of rotatable bonds is 4. The van der Waals surface area contributed by atoms with Gasteiger partial charge in [-0.25, -0.2) is 0 Å². The molecule has 0 radical (unpaired) electrons. The molecule has 20 heavy (non-hydrogen) atoms. The van der Waals surface area contributed by atoms with Gasteiger partial charge in [0.15, 0.2) is 0 Å². The average molecular weight is 282 g/mol. The molecular weight excluding hydrogens is 256 g/mol. The first kappa shape index (κ1) is 15.3. The molecule has 0 aromatic rings. The van der Waals surface area contributed by atoms with Crippen LogP contribution < -0.4 is 10.6 Å². The van der Waals surface area contributed by atoms with Gasteiger partial charge in [0, 0.05) is 32.7 Å². The van der Waals surface area contributed by atoms with Crippen molar-refractivity contribution in [1.82, 2.24) is 20.4 Å². The number of nitrogens with zero attached hydrogens (tertiary/aromatic N) is 2. The lowest BCUT2D eigenvalue weighted by molar-refractivity contribution is -0.139. The van der Waals surface area contributed by atoms with Crippen molar-refractivity contribution in [1.29, 1.82) is 0 Å². The molecule has 2 amide bonds. The molecule has 0 spiro atoms. The lowest BCUT2D eigenvalue weighted by Crippen LogP contribution is -2.58. The largest absolute Gasteiger partial charge is 0.355 e. The monoisotopic (exact) mass is 282 g/mol. The second-order valence-corrected chi connectivity index (χ2v) is 5.88. The highest BCUT2D eigenvalue weighted by Gasteiger charge is 2.39. The van der Waals surface area contributed by atoms with E-state index < -0.39 is 0 Å². The molecule has 2 aliphatic heterocycles. The van der Waals surface area contributed by atoms with Crippen LogP contribution in [0.5, 0.6) is 0 Å². The van der Waals surface area contributed by atoms with Gasteiger partial charge in [-0.15, -0.1) is 0 Å². The highest BCUT2D eigenvalue weighted by Crippen LogP contribution is 2.21. The van der Waals surface area contributed by atoms with Crippen molar-refractivity contribution in [3.8, 4) is 0 Å². The van der Waals surface area contributed by atoms with Crippen molar-refractivity contribution >= 4 is 11.8 Å². The number of piperazine rings is 1. The molecule has 1 unspecified atom stereocenters. The van der Waals surface area contributed by atoms with Crippen molar-refractivity contribution in [2.75, 3.05) is 45.8 Å². The van der Waals surface area contributed by atoms with Crippen LogP contribution in [-0.2, 0) is 9.59 Å². The molecule has 6 nitrogen and oxygen atoms in total. The fourth-order valence-electron chi connectivity index (χ4n) is 2.99. The Balaban J connectivity index is 1.79. The molecule has 2 saturated heterocycles. The van der Waals surface area contributed by atoms with Crippen LogP contribution in [0.3, 0.4) is 0 Å². The molecule has 1 atom stereocenters. The van der Waals surface area contributed by atoms with E-state index in [1.54, 1.807) is 0 Å². The first-order chi connectivity index (χ1) is 9.55. The molecule has 2 fully saturated rings. The Hall–Kier alpha value is -1.14. The first-order valence-corrected chi connectivity index (χ1v) is 7.58. The highest BCUT2D eigenvalue weighted by atomic mass is 16.2. The van der Waals surface area contributed by atoms with Crippen LogP contribution in [0.25, 0.3) is 0 Å². The predicted molar refractivity (Wildman–Crippen MR) is 77.3 cm³/mol. The van der Waals surface area contributed by atoms with Crippen molar-refractivity contribution < 1.29 is 9.59 Å². The van der Waals surface area contributed by atoms with Crippen molar-refractivity contribution in [2.45, 2.75) is 32.2 Å². The Morgan fingerprint density at radius 2 is 1.95 bits per heavy atom. The van der Waals surface area contributed by atoms with Gasteiger partial charge in [0.25, 0.3) is 0 Å². The zero-order valence-corrected chi connectivity index (χ0v) is 12.6. The van der Waals surface area contributed by atoms with Crippen molar-refractivity contribution in [3.63, 3.8) is 0 Å². The topological polar surface area (TPSA) is 64.7 Å². The fraction of sp³-hybridized carbons (Fsp3) is 0.857. The van der Waals surface area contributed by atoms with Gasteiger partial charge >= 0.3 is 0 Å². The van der Waals surface area contributed by atoms with Crippen LogP contribution >= 0.6 is 0 Å². The van der Waals surface area contributed by atoms with Gasteiger partial charge in [-0.2, -0.15) is 0 Å². The number of amides is 2. The molecule has 2 rings (SSSR count). The van der Waals surface area contributed by atoms with Gasteiger partial charge in [-0.3, -0.25) is 14.5 Å². The molecule has 0 saturated carbocycles. The third-order valence-corrected chi connectivity index (χ3v) is 4.24. The Morgan fingerprint density at radius 1 is 1.25 bits per heavy atom. The summed E-state index contributed by atoms with van der Waals surface area (Å²) in [6, 6.07) is 0. The average Bonchev–Trinajstić information content (AvgIpc) is 2.87. The molecule has 114 valence electrons. The van der Waals surface area contributed by atoms with Gasteiger partial charge in [0.2, 0.25) is 11.8 Å². The summed E-state index contributed by atoms with van der Waals surface area (Å²) in [5, 5.41) is 6.13. The Morgan fingerprint density at radius 3 is 2.50 bits per heavy atom. The van der Waals surface area contributed by atoms with Crippen LogP contribution in [-0.4, -0.2) is 73.0 Å². The number of likely N-dealkylation sites (N-methyl/N-ethyl adjacent to an activating group) is 1. The van der Waals surface area contributed by atoms with E-state index in [0.717, 1.165) is 45.6 Å². The van der Waals surface area contributed by atoms with Crippen LogP contribution in [0.1, 0.15) is 26.7 Å². The standard InChI is InChI=1S/C14H26N4O2/c1-3-15-12(19)11-17-7-9-18(10-8-17)13(20)14(2)5-4-6-16-14/h16H,3-11H2,1-2H3,(H,15,19). The van der Waals surface area contributed by atoms with E-state index in [0.29, 0.717) is 13.1 Å². The Labute approximate surface area is 120 Å². The molecule has 0 aliphatic carbocycles. The normalized spacial score (nSPS) is 27.6. The summed E-state index contributed by atoms with van der Waals surface area (Å²) in [6.45, 7) is 8.95. The molecule has 0 aromatic heterocycles. The smallest absolute Gasteiger partial charge is 0.242 e.